The first-order valence-corrected chi connectivity index (χ1v) is 12.7. The number of para-hydroxylation sites is 1. The third kappa shape index (κ3) is 4.69. The Morgan fingerprint density at radius 2 is 1.82 bits per heavy atom. The number of benzene rings is 2. The molecule has 1 N–H and O–H groups in total. The van der Waals surface area contributed by atoms with Crippen molar-refractivity contribution in [3.05, 3.63) is 83.8 Å². The number of piperazine rings is 1. The minimum absolute atomic E-state index is 0.128. The van der Waals surface area contributed by atoms with Crippen molar-refractivity contribution in [2.24, 2.45) is 0 Å². The van der Waals surface area contributed by atoms with Gasteiger partial charge in [-0.1, -0.05) is 18.2 Å². The van der Waals surface area contributed by atoms with Crippen LogP contribution in [0.15, 0.2) is 60.9 Å². The SMILES string of the molecule is O=C(c1cnc2c(n1)N(Cc1cc(F)ccc1F)CCCN2)N1CCN(c2ccnc3ccccc23)CC1. The molecule has 38 heavy (non-hydrogen) atoms. The van der Waals surface area contributed by atoms with Gasteiger partial charge in [0.1, 0.15) is 17.3 Å². The number of nitrogens with zero attached hydrogens (tertiary/aromatic N) is 6. The molecule has 2 aromatic heterocycles. The summed E-state index contributed by atoms with van der Waals surface area (Å²) in [5, 5.41) is 4.32. The minimum Gasteiger partial charge on any atom is -0.367 e. The number of anilines is 3. The first-order valence-electron chi connectivity index (χ1n) is 12.7. The van der Waals surface area contributed by atoms with Crippen LogP contribution in [-0.4, -0.2) is 65.0 Å². The van der Waals surface area contributed by atoms with E-state index in [4.69, 9.17) is 0 Å². The van der Waals surface area contributed by atoms with E-state index in [0.29, 0.717) is 50.9 Å². The van der Waals surface area contributed by atoms with Crippen LogP contribution in [0, 0.1) is 11.6 Å². The Hall–Kier alpha value is -4.34. The molecular formula is C28H27F2N7O. The van der Waals surface area contributed by atoms with Crippen molar-refractivity contribution in [1.82, 2.24) is 19.9 Å². The van der Waals surface area contributed by atoms with E-state index in [9.17, 15) is 13.6 Å². The molecule has 0 bridgehead atoms. The van der Waals surface area contributed by atoms with Crippen LogP contribution in [-0.2, 0) is 6.54 Å². The summed E-state index contributed by atoms with van der Waals surface area (Å²) in [6.07, 6.45) is 4.07. The average molecular weight is 516 g/mol. The number of carbonyl (C=O) groups is 1. The summed E-state index contributed by atoms with van der Waals surface area (Å²) in [6.45, 7) is 3.83. The van der Waals surface area contributed by atoms with Crippen LogP contribution < -0.4 is 15.1 Å². The molecule has 2 aromatic carbocycles. The van der Waals surface area contributed by atoms with Gasteiger partial charge in [-0.3, -0.25) is 9.78 Å². The van der Waals surface area contributed by atoms with E-state index in [2.05, 4.69) is 31.2 Å². The smallest absolute Gasteiger partial charge is 0.274 e. The van der Waals surface area contributed by atoms with E-state index >= 15 is 0 Å². The van der Waals surface area contributed by atoms with Gasteiger partial charge in [0, 0.05) is 68.6 Å². The van der Waals surface area contributed by atoms with Crippen LogP contribution in [0.5, 0.6) is 0 Å². The monoisotopic (exact) mass is 515 g/mol. The topological polar surface area (TPSA) is 77.5 Å². The van der Waals surface area contributed by atoms with E-state index in [1.54, 1.807) is 4.90 Å². The van der Waals surface area contributed by atoms with Crippen LogP contribution in [0.1, 0.15) is 22.5 Å². The first kappa shape index (κ1) is 24.0. The third-order valence-corrected chi connectivity index (χ3v) is 7.07. The van der Waals surface area contributed by atoms with Gasteiger partial charge >= 0.3 is 0 Å². The fourth-order valence-corrected chi connectivity index (χ4v) is 5.10. The maximum absolute atomic E-state index is 14.4. The molecule has 1 amide bonds. The highest BCUT2D eigenvalue weighted by Gasteiger charge is 2.27. The summed E-state index contributed by atoms with van der Waals surface area (Å²) < 4.78 is 28.2. The zero-order chi connectivity index (χ0) is 26.1. The summed E-state index contributed by atoms with van der Waals surface area (Å²) in [6, 6.07) is 13.5. The molecule has 2 aliphatic rings. The van der Waals surface area contributed by atoms with Crippen molar-refractivity contribution in [1.29, 1.82) is 0 Å². The number of halogens is 2. The van der Waals surface area contributed by atoms with Crippen molar-refractivity contribution >= 4 is 34.1 Å². The van der Waals surface area contributed by atoms with Crippen molar-refractivity contribution in [2.75, 3.05) is 54.4 Å². The lowest BCUT2D eigenvalue weighted by molar-refractivity contribution is 0.0740. The predicted octanol–water partition coefficient (Wildman–Crippen LogP) is 4.09. The maximum Gasteiger partial charge on any atom is 0.274 e. The second-order valence-corrected chi connectivity index (χ2v) is 9.49. The molecule has 0 spiro atoms. The number of carbonyl (C=O) groups excluding carboxylic acids is 1. The predicted molar refractivity (Wildman–Crippen MR) is 142 cm³/mol. The Morgan fingerprint density at radius 3 is 2.68 bits per heavy atom. The molecule has 0 atom stereocenters. The zero-order valence-corrected chi connectivity index (χ0v) is 20.8. The number of amides is 1. The molecule has 10 heteroatoms. The number of pyridine rings is 1. The van der Waals surface area contributed by atoms with Gasteiger partial charge in [0.05, 0.1) is 11.7 Å². The molecule has 194 valence electrons. The van der Waals surface area contributed by atoms with Crippen LogP contribution in [0.3, 0.4) is 0 Å². The average Bonchev–Trinajstić information content (AvgIpc) is 3.16. The Balaban J connectivity index is 1.20. The number of fused-ring (bicyclic) bond motifs is 2. The second-order valence-electron chi connectivity index (χ2n) is 9.49. The highest BCUT2D eigenvalue weighted by Crippen LogP contribution is 2.28. The molecular weight excluding hydrogens is 488 g/mol. The Labute approximate surface area is 218 Å². The highest BCUT2D eigenvalue weighted by molar-refractivity contribution is 5.94. The van der Waals surface area contributed by atoms with Gasteiger partial charge < -0.3 is 20.0 Å². The summed E-state index contributed by atoms with van der Waals surface area (Å²) in [5.41, 5.74) is 2.52. The zero-order valence-electron chi connectivity index (χ0n) is 20.8. The quantitative estimate of drug-likeness (QED) is 0.439. The van der Waals surface area contributed by atoms with E-state index in [0.717, 1.165) is 35.1 Å². The highest BCUT2D eigenvalue weighted by atomic mass is 19.1. The summed E-state index contributed by atoms with van der Waals surface area (Å²) in [5.74, 6) is -0.168. The number of nitrogens with one attached hydrogen (secondary N) is 1. The third-order valence-electron chi connectivity index (χ3n) is 7.07. The molecule has 1 saturated heterocycles. The van der Waals surface area contributed by atoms with Gasteiger partial charge in [0.2, 0.25) is 0 Å². The molecule has 6 rings (SSSR count). The molecule has 0 aliphatic carbocycles. The molecule has 0 radical (unpaired) electrons. The molecule has 4 heterocycles. The van der Waals surface area contributed by atoms with Crippen molar-refractivity contribution in [2.45, 2.75) is 13.0 Å². The lowest BCUT2D eigenvalue weighted by atomic mass is 10.1. The molecule has 1 fully saturated rings. The fourth-order valence-electron chi connectivity index (χ4n) is 5.10. The largest absolute Gasteiger partial charge is 0.367 e. The van der Waals surface area contributed by atoms with Crippen LogP contribution in [0.2, 0.25) is 0 Å². The van der Waals surface area contributed by atoms with Crippen molar-refractivity contribution in [3.63, 3.8) is 0 Å². The van der Waals surface area contributed by atoms with Crippen LogP contribution in [0.25, 0.3) is 10.9 Å². The van der Waals surface area contributed by atoms with Gasteiger partial charge in [-0.25, -0.2) is 18.7 Å². The van der Waals surface area contributed by atoms with Crippen LogP contribution >= 0.6 is 0 Å². The number of hydrogen-bond acceptors (Lipinski definition) is 7. The van der Waals surface area contributed by atoms with Crippen LogP contribution in [0.4, 0.5) is 26.1 Å². The summed E-state index contributed by atoms with van der Waals surface area (Å²) >= 11 is 0. The number of hydrogen-bond donors (Lipinski definition) is 1. The Kier molecular flexibility index (Phi) is 6.45. The molecule has 8 nitrogen and oxygen atoms in total. The van der Waals surface area contributed by atoms with Gasteiger partial charge in [0.15, 0.2) is 11.6 Å². The van der Waals surface area contributed by atoms with Gasteiger partial charge in [-0.2, -0.15) is 0 Å². The fraction of sp³-hybridized carbons (Fsp3) is 0.286. The molecule has 4 aromatic rings. The lowest BCUT2D eigenvalue weighted by Crippen LogP contribution is -2.49. The molecule has 2 aliphatic heterocycles. The maximum atomic E-state index is 14.4. The van der Waals surface area contributed by atoms with E-state index in [-0.39, 0.29) is 23.7 Å². The van der Waals surface area contributed by atoms with E-state index < -0.39 is 11.6 Å². The standard InChI is InChI=1S/C28H27F2N7O/c29-20-6-7-22(30)19(16-20)18-37-11-3-9-32-26-27(37)34-24(17-33-26)28(38)36-14-12-35(13-15-36)25-8-10-31-23-5-2-1-4-21(23)25/h1-2,4-8,10,16-17H,3,9,11-15,18H2,(H,32,33). The normalized spacial score (nSPS) is 15.7. The lowest BCUT2D eigenvalue weighted by Gasteiger charge is -2.36. The van der Waals surface area contributed by atoms with Gasteiger partial charge in [-0.15, -0.1) is 0 Å². The van der Waals surface area contributed by atoms with E-state index in [1.165, 1.54) is 12.3 Å². The minimum atomic E-state index is -0.497. The first-order chi connectivity index (χ1) is 18.6. The van der Waals surface area contributed by atoms with Gasteiger partial charge in [-0.05, 0) is 36.8 Å². The van der Waals surface area contributed by atoms with Crippen molar-refractivity contribution < 1.29 is 13.6 Å². The molecule has 0 unspecified atom stereocenters. The summed E-state index contributed by atoms with van der Waals surface area (Å²) in [4.78, 5) is 32.9. The summed E-state index contributed by atoms with van der Waals surface area (Å²) in [7, 11) is 0. The second kappa shape index (κ2) is 10.2. The van der Waals surface area contributed by atoms with E-state index in [1.807, 2.05) is 35.4 Å². The Morgan fingerprint density at radius 1 is 0.974 bits per heavy atom. The number of aromatic nitrogens is 3. The van der Waals surface area contributed by atoms with Gasteiger partial charge in [0.25, 0.3) is 5.91 Å². The van der Waals surface area contributed by atoms with Crippen molar-refractivity contribution in [3.8, 4) is 0 Å². The number of rotatable bonds is 4. The molecule has 0 saturated carbocycles. The Bertz CT molecular complexity index is 1480.